The molecule has 0 atom stereocenters. The Balaban J connectivity index is 1.65. The van der Waals surface area contributed by atoms with E-state index in [4.69, 9.17) is 16.3 Å². The highest BCUT2D eigenvalue weighted by Gasteiger charge is 2.48. The molecule has 2 amide bonds. The van der Waals surface area contributed by atoms with Gasteiger partial charge in [0.2, 0.25) is 11.8 Å². The van der Waals surface area contributed by atoms with Gasteiger partial charge in [-0.15, -0.1) is 11.6 Å². The highest BCUT2D eigenvalue weighted by atomic mass is 35.5. The second-order valence-corrected chi connectivity index (χ2v) is 8.28. The predicted octanol–water partition coefficient (Wildman–Crippen LogP) is 3.05. The van der Waals surface area contributed by atoms with Gasteiger partial charge in [-0.1, -0.05) is 30.3 Å². The molecule has 0 saturated carbocycles. The Hall–Kier alpha value is -2.90. The lowest BCUT2D eigenvalue weighted by molar-refractivity contribution is -0.133. The number of fused-ring (bicyclic) bond motifs is 1. The van der Waals surface area contributed by atoms with Gasteiger partial charge < -0.3 is 10.1 Å². The maximum absolute atomic E-state index is 13.6. The molecule has 0 aliphatic carbocycles. The number of nitrogens with zero attached hydrogens (tertiary/aromatic N) is 3. The smallest absolute Gasteiger partial charge is 0.246 e. The van der Waals surface area contributed by atoms with Crippen molar-refractivity contribution in [1.29, 1.82) is 0 Å². The fourth-order valence-corrected chi connectivity index (χ4v) is 4.49. The molecule has 3 aromatic rings. The lowest BCUT2D eigenvalue weighted by Crippen LogP contribution is -2.64. The van der Waals surface area contributed by atoms with E-state index in [1.807, 2.05) is 55.6 Å². The second-order valence-electron chi connectivity index (χ2n) is 8.01. The summed E-state index contributed by atoms with van der Waals surface area (Å²) in [5, 5.41) is 8.24. The van der Waals surface area contributed by atoms with Crippen molar-refractivity contribution in [3.8, 4) is 0 Å². The molecular weight excluding hydrogens is 428 g/mol. The molecule has 1 aliphatic rings. The van der Waals surface area contributed by atoms with Crippen LogP contribution in [0, 0.1) is 0 Å². The number of anilines is 1. The summed E-state index contributed by atoms with van der Waals surface area (Å²) >= 11 is 6.02. The number of hydrogen-bond donors (Lipinski definition) is 1. The van der Waals surface area contributed by atoms with Gasteiger partial charge in [-0.05, 0) is 30.2 Å². The average molecular weight is 455 g/mol. The summed E-state index contributed by atoms with van der Waals surface area (Å²) in [7, 11) is 1.86. The third-order valence-electron chi connectivity index (χ3n) is 6.06. The van der Waals surface area contributed by atoms with Crippen molar-refractivity contribution in [3.05, 3.63) is 60.3 Å². The van der Waals surface area contributed by atoms with Crippen LogP contribution in [0.4, 0.5) is 5.69 Å². The van der Waals surface area contributed by atoms with E-state index in [0.29, 0.717) is 44.7 Å². The number of carbonyl (C=O) groups excluding carboxylic acids is 2. The van der Waals surface area contributed by atoms with E-state index in [9.17, 15) is 9.59 Å². The number of hydrogen-bond acceptors (Lipinski definition) is 4. The normalized spacial score (nSPS) is 15.4. The molecule has 1 aliphatic heterocycles. The van der Waals surface area contributed by atoms with E-state index in [1.165, 1.54) is 0 Å². The van der Waals surface area contributed by atoms with Gasteiger partial charge in [0.05, 0.1) is 11.7 Å². The van der Waals surface area contributed by atoms with Crippen LogP contribution in [0.2, 0.25) is 0 Å². The number of carbonyl (C=O) groups is 2. The largest absolute Gasteiger partial charge is 0.381 e. The first-order valence-corrected chi connectivity index (χ1v) is 11.3. The van der Waals surface area contributed by atoms with Crippen LogP contribution < -0.4 is 10.2 Å². The minimum absolute atomic E-state index is 0.179. The zero-order valence-electron chi connectivity index (χ0n) is 18.1. The van der Waals surface area contributed by atoms with E-state index >= 15 is 0 Å². The van der Waals surface area contributed by atoms with Crippen LogP contribution in [-0.4, -0.2) is 52.8 Å². The Bertz CT molecular complexity index is 1090. The zero-order chi connectivity index (χ0) is 22.6. The molecule has 7 nitrogen and oxygen atoms in total. The molecule has 2 heterocycles. The Morgan fingerprint density at radius 2 is 1.94 bits per heavy atom. The fraction of sp³-hybridized carbons (Fsp3) is 0.375. The van der Waals surface area contributed by atoms with E-state index in [1.54, 1.807) is 15.8 Å². The summed E-state index contributed by atoms with van der Waals surface area (Å²) < 4.78 is 7.33. The first kappa shape index (κ1) is 22.3. The summed E-state index contributed by atoms with van der Waals surface area (Å²) in [6.07, 6.45) is 3.26. The number of amides is 2. The van der Waals surface area contributed by atoms with Crippen molar-refractivity contribution in [2.75, 3.05) is 30.5 Å². The molecule has 1 aromatic heterocycles. The van der Waals surface area contributed by atoms with Gasteiger partial charge in [-0.3, -0.25) is 19.2 Å². The molecule has 4 rings (SSSR count). The summed E-state index contributed by atoms with van der Waals surface area (Å²) in [4.78, 5) is 28.3. The van der Waals surface area contributed by atoms with Crippen molar-refractivity contribution in [3.63, 3.8) is 0 Å². The van der Waals surface area contributed by atoms with Gasteiger partial charge in [0, 0.05) is 50.7 Å². The molecule has 0 radical (unpaired) electrons. The minimum Gasteiger partial charge on any atom is -0.381 e. The molecule has 32 heavy (non-hydrogen) atoms. The molecule has 2 aromatic carbocycles. The SMILES string of the molecule is Cn1ncc2cc(N(C(=O)CCl)C3(C(=O)NCCc4ccccc4)CCOCC3)ccc21. The molecular formula is C24H27ClN4O3. The Labute approximate surface area is 192 Å². The molecule has 8 heteroatoms. The lowest BCUT2D eigenvalue weighted by atomic mass is 9.85. The van der Waals surface area contributed by atoms with Crippen LogP contribution in [-0.2, 0) is 27.8 Å². The Kier molecular flexibility index (Phi) is 6.77. The average Bonchev–Trinajstić information content (AvgIpc) is 3.20. The zero-order valence-corrected chi connectivity index (χ0v) is 18.8. The van der Waals surface area contributed by atoms with Gasteiger partial charge >= 0.3 is 0 Å². The number of nitrogens with one attached hydrogen (secondary N) is 1. The number of aryl methyl sites for hydroxylation is 1. The number of halogens is 1. The van der Waals surface area contributed by atoms with Crippen molar-refractivity contribution in [1.82, 2.24) is 15.1 Å². The van der Waals surface area contributed by atoms with Crippen molar-refractivity contribution >= 4 is 40.0 Å². The second kappa shape index (κ2) is 9.71. The van der Waals surface area contributed by atoms with Crippen molar-refractivity contribution < 1.29 is 14.3 Å². The third-order valence-corrected chi connectivity index (χ3v) is 6.29. The van der Waals surface area contributed by atoms with E-state index in [2.05, 4.69) is 10.4 Å². The van der Waals surface area contributed by atoms with Gasteiger partial charge in [0.15, 0.2) is 0 Å². The molecule has 0 bridgehead atoms. The lowest BCUT2D eigenvalue weighted by Gasteiger charge is -2.44. The van der Waals surface area contributed by atoms with Gasteiger partial charge in [-0.25, -0.2) is 0 Å². The highest BCUT2D eigenvalue weighted by molar-refractivity contribution is 6.30. The third kappa shape index (κ3) is 4.36. The van der Waals surface area contributed by atoms with E-state index in [0.717, 1.165) is 16.5 Å². The van der Waals surface area contributed by atoms with Crippen LogP contribution >= 0.6 is 11.6 Å². The van der Waals surface area contributed by atoms with Gasteiger partial charge in [-0.2, -0.15) is 5.10 Å². The maximum atomic E-state index is 13.6. The van der Waals surface area contributed by atoms with Gasteiger partial charge in [0.25, 0.3) is 0 Å². The Morgan fingerprint density at radius 1 is 1.19 bits per heavy atom. The molecule has 1 fully saturated rings. The molecule has 0 unspecified atom stereocenters. The van der Waals surface area contributed by atoms with Crippen molar-refractivity contribution in [2.24, 2.45) is 7.05 Å². The fourth-order valence-electron chi connectivity index (χ4n) is 4.37. The Morgan fingerprint density at radius 3 is 2.66 bits per heavy atom. The first-order valence-electron chi connectivity index (χ1n) is 10.8. The summed E-state index contributed by atoms with van der Waals surface area (Å²) in [5.74, 6) is -0.707. The maximum Gasteiger partial charge on any atom is 0.246 e. The quantitative estimate of drug-likeness (QED) is 0.557. The number of rotatable bonds is 7. The van der Waals surface area contributed by atoms with Crippen LogP contribution in [0.5, 0.6) is 0 Å². The number of alkyl halides is 1. The van der Waals surface area contributed by atoms with E-state index < -0.39 is 5.54 Å². The van der Waals surface area contributed by atoms with Crippen LogP contribution in [0.3, 0.4) is 0 Å². The topological polar surface area (TPSA) is 76.5 Å². The van der Waals surface area contributed by atoms with Crippen LogP contribution in [0.25, 0.3) is 10.9 Å². The highest BCUT2D eigenvalue weighted by Crippen LogP contribution is 2.35. The molecule has 168 valence electrons. The number of benzene rings is 2. The molecule has 1 saturated heterocycles. The van der Waals surface area contributed by atoms with Gasteiger partial charge in [0.1, 0.15) is 11.4 Å². The predicted molar refractivity (Wildman–Crippen MR) is 125 cm³/mol. The first-order chi connectivity index (χ1) is 15.5. The summed E-state index contributed by atoms with van der Waals surface area (Å²) in [6, 6.07) is 15.6. The van der Waals surface area contributed by atoms with Crippen molar-refractivity contribution in [2.45, 2.75) is 24.8 Å². The van der Waals surface area contributed by atoms with Crippen LogP contribution in [0.15, 0.2) is 54.7 Å². The minimum atomic E-state index is -1.06. The molecule has 1 N–H and O–H groups in total. The van der Waals surface area contributed by atoms with E-state index in [-0.39, 0.29) is 17.7 Å². The van der Waals surface area contributed by atoms with Crippen LogP contribution in [0.1, 0.15) is 18.4 Å². The molecule has 0 spiro atoms. The number of aromatic nitrogens is 2. The standard InChI is InChI=1S/C24H27ClN4O3/c1-28-21-8-7-20(15-19(21)17-27-28)29(22(30)16-25)24(10-13-32-14-11-24)23(31)26-12-9-18-5-3-2-4-6-18/h2-8,15,17H,9-14,16H2,1H3,(H,26,31). The summed E-state index contributed by atoms with van der Waals surface area (Å²) in [5.41, 5.74) is 1.66. The number of ether oxygens (including phenoxy) is 1. The monoisotopic (exact) mass is 454 g/mol. The summed E-state index contributed by atoms with van der Waals surface area (Å²) in [6.45, 7) is 1.27.